The maximum Gasteiger partial charge on any atom is 0.258 e. The molecule has 1 atom stereocenters. The monoisotopic (exact) mass is 508 g/mol. The number of carboxylic acids is 1. The first-order valence-electron chi connectivity index (χ1n) is 12.3. The lowest BCUT2D eigenvalue weighted by Gasteiger charge is -2.23. The summed E-state index contributed by atoms with van der Waals surface area (Å²) in [4.78, 5) is 40.9. The lowest BCUT2D eigenvalue weighted by Crippen LogP contribution is -2.30. The number of para-hydroxylation sites is 1. The first-order valence-corrected chi connectivity index (χ1v) is 12.3. The van der Waals surface area contributed by atoms with E-state index in [0.29, 0.717) is 28.1 Å². The molecule has 1 amide bonds. The van der Waals surface area contributed by atoms with Crippen LogP contribution in [0.15, 0.2) is 82.7 Å². The first-order chi connectivity index (χ1) is 18.4. The van der Waals surface area contributed by atoms with Crippen molar-refractivity contribution in [2.75, 3.05) is 7.11 Å². The molecule has 0 saturated carbocycles. The lowest BCUT2D eigenvalue weighted by atomic mass is 9.90. The van der Waals surface area contributed by atoms with Crippen LogP contribution < -0.4 is 15.4 Å². The van der Waals surface area contributed by atoms with Crippen molar-refractivity contribution in [1.82, 2.24) is 9.99 Å². The number of nitrogens with zero attached hydrogens (tertiary/aromatic N) is 2. The largest absolute Gasteiger partial charge is 0.550 e. The number of benzene rings is 3. The lowest BCUT2D eigenvalue weighted by molar-refractivity contribution is -0.305. The van der Waals surface area contributed by atoms with Crippen molar-refractivity contribution < 1.29 is 19.4 Å². The molecule has 1 N–H and O–H groups in total. The predicted octanol–water partition coefficient (Wildman–Crippen LogP) is 3.72. The number of nitrogens with one attached hydrogen (secondary N) is 1. The molecule has 192 valence electrons. The number of amides is 1. The SMILES string of the molecule is COc1ccccc1[C@H]1CC(c2c(-c3ccccc3)c3cc(C)ccc3[nH]c2=O)=NN1C(=O)CCC(=O)[O-]. The third-order valence-electron chi connectivity index (χ3n) is 6.73. The summed E-state index contributed by atoms with van der Waals surface area (Å²) in [6.07, 6.45) is -0.453. The molecule has 2 heterocycles. The van der Waals surface area contributed by atoms with Gasteiger partial charge in [-0.3, -0.25) is 9.59 Å². The zero-order valence-electron chi connectivity index (χ0n) is 21.1. The Bertz CT molecular complexity index is 1620. The zero-order valence-corrected chi connectivity index (χ0v) is 21.1. The molecule has 0 saturated heterocycles. The van der Waals surface area contributed by atoms with Crippen molar-refractivity contribution in [3.63, 3.8) is 0 Å². The van der Waals surface area contributed by atoms with Crippen LogP contribution in [0, 0.1) is 6.92 Å². The number of hydrazone groups is 1. The quantitative estimate of drug-likeness (QED) is 0.409. The molecular formula is C30H26N3O5-. The van der Waals surface area contributed by atoms with Crippen molar-refractivity contribution in [2.45, 2.75) is 32.2 Å². The normalized spacial score (nSPS) is 14.9. The molecule has 0 radical (unpaired) electrons. The maximum atomic E-state index is 13.6. The number of aliphatic carboxylic acids is 1. The molecule has 1 aliphatic heterocycles. The van der Waals surface area contributed by atoms with E-state index in [0.717, 1.165) is 22.1 Å². The maximum absolute atomic E-state index is 13.6. The van der Waals surface area contributed by atoms with E-state index in [4.69, 9.17) is 4.74 Å². The molecule has 0 bridgehead atoms. The second-order valence-electron chi connectivity index (χ2n) is 9.24. The third-order valence-corrected chi connectivity index (χ3v) is 6.73. The number of aromatic nitrogens is 1. The van der Waals surface area contributed by atoms with Crippen molar-refractivity contribution in [3.05, 3.63) is 99.8 Å². The van der Waals surface area contributed by atoms with Gasteiger partial charge in [0, 0.05) is 40.8 Å². The number of methoxy groups -OCH3 is 1. The Morgan fingerprint density at radius 1 is 1.03 bits per heavy atom. The summed E-state index contributed by atoms with van der Waals surface area (Å²) in [5, 5.41) is 17.9. The summed E-state index contributed by atoms with van der Waals surface area (Å²) in [7, 11) is 1.54. The van der Waals surface area contributed by atoms with Gasteiger partial charge in [-0.25, -0.2) is 5.01 Å². The number of carbonyl (C=O) groups excluding carboxylic acids is 2. The number of rotatable bonds is 7. The van der Waals surface area contributed by atoms with Crippen molar-refractivity contribution >= 4 is 28.5 Å². The average Bonchev–Trinajstić information content (AvgIpc) is 3.36. The minimum absolute atomic E-state index is 0.248. The van der Waals surface area contributed by atoms with Crippen LogP contribution in [-0.4, -0.2) is 34.7 Å². The van der Waals surface area contributed by atoms with Crippen LogP contribution in [0.1, 0.15) is 42.0 Å². The summed E-state index contributed by atoms with van der Waals surface area (Å²) in [5.74, 6) is -1.23. The van der Waals surface area contributed by atoms with Gasteiger partial charge in [0.2, 0.25) is 5.91 Å². The minimum Gasteiger partial charge on any atom is -0.550 e. The molecule has 1 aliphatic rings. The molecule has 38 heavy (non-hydrogen) atoms. The number of carbonyl (C=O) groups is 2. The van der Waals surface area contributed by atoms with Gasteiger partial charge in [-0.15, -0.1) is 0 Å². The highest BCUT2D eigenvalue weighted by Gasteiger charge is 2.36. The van der Waals surface area contributed by atoms with Crippen LogP contribution in [0.4, 0.5) is 0 Å². The summed E-state index contributed by atoms with van der Waals surface area (Å²) < 4.78 is 5.55. The molecular weight excluding hydrogens is 482 g/mol. The van der Waals surface area contributed by atoms with E-state index in [9.17, 15) is 19.5 Å². The Kier molecular flexibility index (Phi) is 6.79. The van der Waals surface area contributed by atoms with Crippen molar-refractivity contribution in [2.24, 2.45) is 5.10 Å². The number of fused-ring (bicyclic) bond motifs is 1. The van der Waals surface area contributed by atoms with Gasteiger partial charge in [0.1, 0.15) is 5.75 Å². The van der Waals surface area contributed by atoms with Crippen LogP contribution in [0.3, 0.4) is 0 Å². The van der Waals surface area contributed by atoms with Gasteiger partial charge in [0.25, 0.3) is 5.56 Å². The molecule has 8 heteroatoms. The number of pyridine rings is 1. The van der Waals surface area contributed by atoms with Gasteiger partial charge >= 0.3 is 0 Å². The van der Waals surface area contributed by atoms with Gasteiger partial charge < -0.3 is 19.6 Å². The second-order valence-corrected chi connectivity index (χ2v) is 9.24. The van der Waals surface area contributed by atoms with E-state index in [-0.39, 0.29) is 18.4 Å². The molecule has 8 nitrogen and oxygen atoms in total. The smallest absolute Gasteiger partial charge is 0.258 e. The van der Waals surface area contributed by atoms with E-state index in [1.807, 2.05) is 73.7 Å². The van der Waals surface area contributed by atoms with Crippen LogP contribution >= 0.6 is 0 Å². The highest BCUT2D eigenvalue weighted by Crippen LogP contribution is 2.40. The zero-order chi connectivity index (χ0) is 26.8. The number of hydrogen-bond donors (Lipinski definition) is 1. The Labute approximate surface area is 219 Å². The van der Waals surface area contributed by atoms with Crippen LogP contribution in [0.2, 0.25) is 0 Å². The number of H-pyrrole nitrogens is 1. The van der Waals surface area contributed by atoms with Crippen LogP contribution in [0.5, 0.6) is 5.75 Å². The Morgan fingerprint density at radius 2 is 1.76 bits per heavy atom. The Hall–Kier alpha value is -4.72. The van der Waals surface area contributed by atoms with Gasteiger partial charge in [0.15, 0.2) is 0 Å². The number of carboxylic acid groups (broad SMARTS) is 1. The van der Waals surface area contributed by atoms with E-state index in [1.54, 1.807) is 13.2 Å². The molecule has 0 spiro atoms. The number of aryl methyl sites for hydroxylation is 1. The fourth-order valence-electron chi connectivity index (χ4n) is 4.99. The van der Waals surface area contributed by atoms with Crippen LogP contribution in [-0.2, 0) is 9.59 Å². The fraction of sp³-hybridized carbons (Fsp3) is 0.200. The Morgan fingerprint density at radius 3 is 2.50 bits per heavy atom. The number of hydrogen-bond acceptors (Lipinski definition) is 6. The average molecular weight is 509 g/mol. The van der Waals surface area contributed by atoms with Crippen molar-refractivity contribution in [3.8, 4) is 16.9 Å². The number of aromatic amines is 1. The third kappa shape index (κ3) is 4.68. The van der Waals surface area contributed by atoms with Gasteiger partial charge in [-0.1, -0.05) is 60.2 Å². The highest BCUT2D eigenvalue weighted by atomic mass is 16.5. The van der Waals surface area contributed by atoms with Crippen LogP contribution in [0.25, 0.3) is 22.0 Å². The molecule has 0 fully saturated rings. The number of ether oxygens (including phenoxy) is 1. The summed E-state index contributed by atoms with van der Waals surface area (Å²) in [6.45, 7) is 1.99. The van der Waals surface area contributed by atoms with E-state index in [2.05, 4.69) is 10.1 Å². The highest BCUT2D eigenvalue weighted by molar-refractivity contribution is 6.13. The molecule has 0 unspecified atom stereocenters. The van der Waals surface area contributed by atoms with Gasteiger partial charge in [0.05, 0.1) is 24.4 Å². The van der Waals surface area contributed by atoms with E-state index in [1.165, 1.54) is 5.01 Å². The molecule has 4 aromatic rings. The second kappa shape index (κ2) is 10.3. The molecule has 1 aromatic heterocycles. The fourth-order valence-corrected chi connectivity index (χ4v) is 4.99. The van der Waals surface area contributed by atoms with Crippen molar-refractivity contribution in [1.29, 1.82) is 0 Å². The minimum atomic E-state index is -1.32. The summed E-state index contributed by atoms with van der Waals surface area (Å²) in [5.41, 5.74) is 4.52. The predicted molar refractivity (Wildman–Crippen MR) is 143 cm³/mol. The van der Waals surface area contributed by atoms with Gasteiger partial charge in [-0.05, 0) is 37.1 Å². The van der Waals surface area contributed by atoms with E-state index >= 15 is 0 Å². The molecule has 3 aromatic carbocycles. The van der Waals surface area contributed by atoms with Gasteiger partial charge in [-0.2, -0.15) is 5.10 Å². The molecule has 5 rings (SSSR count). The Balaban J connectivity index is 1.71. The topological polar surface area (TPSA) is 115 Å². The summed E-state index contributed by atoms with van der Waals surface area (Å²) in [6, 6.07) is 22.2. The standard InChI is InChI=1S/C30H27N3O5/c1-18-12-13-22-21(16-18)28(19-8-4-3-5-9-19)29(30(37)31-22)23-17-24(20-10-6-7-11-25(20)38-2)33(32-23)26(34)14-15-27(35)36/h3-13,16,24H,14-15,17H2,1-2H3,(H,31,37)(H,35,36)/p-1/t24-/m1/s1. The van der Waals surface area contributed by atoms with E-state index < -0.39 is 24.3 Å². The first kappa shape index (κ1) is 25.0. The summed E-state index contributed by atoms with van der Waals surface area (Å²) >= 11 is 0. The molecule has 0 aliphatic carbocycles.